The molecule has 0 radical (unpaired) electrons. The first kappa shape index (κ1) is 14.6. The number of β-amino-alcohol motifs (C(OH)–C–C–N with tert-alkyl or cyclic N) is 1. The van der Waals surface area contributed by atoms with E-state index in [9.17, 15) is 5.11 Å². The highest BCUT2D eigenvalue weighted by atomic mass is 35.5. The number of nitrogens with two attached hydrogens (primary N) is 1. The second-order valence-corrected chi connectivity index (χ2v) is 6.13. The summed E-state index contributed by atoms with van der Waals surface area (Å²) < 4.78 is 0. The minimum Gasteiger partial charge on any atom is -0.391 e. The average molecular weight is 306 g/mol. The van der Waals surface area contributed by atoms with E-state index < -0.39 is 0 Å². The fourth-order valence-electron chi connectivity index (χ4n) is 3.04. The van der Waals surface area contributed by atoms with Crippen molar-refractivity contribution in [3.8, 4) is 0 Å². The van der Waals surface area contributed by atoms with Gasteiger partial charge in [0.15, 0.2) is 0 Å². The van der Waals surface area contributed by atoms with Gasteiger partial charge in [-0.15, -0.1) is 0 Å². The van der Waals surface area contributed by atoms with Gasteiger partial charge in [-0.1, -0.05) is 11.6 Å². The zero-order valence-electron chi connectivity index (χ0n) is 12.1. The summed E-state index contributed by atoms with van der Waals surface area (Å²) in [5.74, 6) is 0. The first-order valence-electron chi connectivity index (χ1n) is 7.33. The smallest absolute Gasteiger partial charge is 0.0953 e. The van der Waals surface area contributed by atoms with E-state index in [-0.39, 0.29) is 12.1 Å². The van der Waals surface area contributed by atoms with Crippen LogP contribution in [0.5, 0.6) is 0 Å². The summed E-state index contributed by atoms with van der Waals surface area (Å²) >= 11 is 6.38. The van der Waals surface area contributed by atoms with E-state index in [1.54, 1.807) is 6.20 Å². The molecule has 2 atom stereocenters. The van der Waals surface area contributed by atoms with Crippen LogP contribution in [-0.2, 0) is 0 Å². The van der Waals surface area contributed by atoms with Crippen molar-refractivity contribution in [1.82, 2.24) is 4.98 Å². The molecule has 5 heteroatoms. The lowest BCUT2D eigenvalue weighted by atomic mass is 9.99. The Morgan fingerprint density at radius 2 is 2.33 bits per heavy atom. The molecule has 3 N–H and O–H groups in total. The maximum Gasteiger partial charge on any atom is 0.0953 e. The van der Waals surface area contributed by atoms with Gasteiger partial charge in [0.2, 0.25) is 0 Å². The largest absolute Gasteiger partial charge is 0.391 e. The predicted octanol–water partition coefficient (Wildman–Crippen LogP) is 2.87. The molecular weight excluding hydrogens is 286 g/mol. The molecule has 2 heterocycles. The van der Waals surface area contributed by atoms with Crippen LogP contribution >= 0.6 is 11.6 Å². The number of fused-ring (bicyclic) bond motifs is 1. The molecule has 1 aliphatic heterocycles. The summed E-state index contributed by atoms with van der Waals surface area (Å²) in [5, 5.41) is 11.6. The van der Waals surface area contributed by atoms with E-state index >= 15 is 0 Å². The predicted molar refractivity (Wildman–Crippen MR) is 86.8 cm³/mol. The molecule has 2 unspecified atom stereocenters. The Bertz CT molecular complexity index is 659. The van der Waals surface area contributed by atoms with Crippen molar-refractivity contribution in [2.75, 3.05) is 18.0 Å². The van der Waals surface area contributed by atoms with Crippen molar-refractivity contribution in [3.05, 3.63) is 35.0 Å². The number of aromatic nitrogens is 1. The van der Waals surface area contributed by atoms with E-state index in [1.165, 1.54) is 0 Å². The molecule has 112 valence electrons. The molecule has 0 saturated carbocycles. The Morgan fingerprint density at radius 3 is 3.05 bits per heavy atom. The molecule has 0 spiro atoms. The molecule has 4 nitrogen and oxygen atoms in total. The minimum atomic E-state index is -0.297. The number of rotatable bonds is 2. The number of aliphatic hydroxyl groups is 1. The number of benzene rings is 1. The molecule has 1 saturated heterocycles. The van der Waals surface area contributed by atoms with Crippen LogP contribution in [0.15, 0.2) is 24.4 Å². The zero-order chi connectivity index (χ0) is 15.0. The zero-order valence-corrected chi connectivity index (χ0v) is 12.8. The molecule has 21 heavy (non-hydrogen) atoms. The highest BCUT2D eigenvalue weighted by Crippen LogP contribution is 2.38. The van der Waals surface area contributed by atoms with Crippen molar-refractivity contribution in [2.45, 2.75) is 31.9 Å². The number of halogens is 1. The van der Waals surface area contributed by atoms with Crippen molar-refractivity contribution in [2.24, 2.45) is 5.73 Å². The maximum absolute atomic E-state index is 9.98. The van der Waals surface area contributed by atoms with Gasteiger partial charge in [0.1, 0.15) is 0 Å². The Hall–Kier alpha value is -1.36. The third-order valence-electron chi connectivity index (χ3n) is 4.05. The average Bonchev–Trinajstić information content (AvgIpc) is 2.47. The van der Waals surface area contributed by atoms with Gasteiger partial charge in [0, 0.05) is 30.7 Å². The molecule has 1 aromatic heterocycles. The lowest BCUT2D eigenvalue weighted by Crippen LogP contribution is -2.39. The summed E-state index contributed by atoms with van der Waals surface area (Å²) in [4.78, 5) is 6.71. The molecule has 1 aromatic carbocycles. The second-order valence-electron chi connectivity index (χ2n) is 5.73. The fraction of sp³-hybridized carbons (Fsp3) is 0.438. The molecule has 0 bridgehead atoms. The maximum atomic E-state index is 9.98. The lowest BCUT2D eigenvalue weighted by molar-refractivity contribution is 0.154. The number of aliphatic hydroxyl groups excluding tert-OH is 1. The van der Waals surface area contributed by atoms with Gasteiger partial charge in [-0.25, -0.2) is 0 Å². The number of hydrogen-bond acceptors (Lipinski definition) is 4. The molecule has 1 aliphatic rings. The monoisotopic (exact) mass is 305 g/mol. The first-order chi connectivity index (χ1) is 10.1. The quantitative estimate of drug-likeness (QED) is 0.895. The summed E-state index contributed by atoms with van der Waals surface area (Å²) in [6.07, 6.45) is 3.29. The first-order valence-corrected chi connectivity index (χ1v) is 7.71. The van der Waals surface area contributed by atoms with Crippen LogP contribution in [0.4, 0.5) is 5.69 Å². The number of pyridine rings is 1. The summed E-state index contributed by atoms with van der Waals surface area (Å²) in [6, 6.07) is 5.66. The van der Waals surface area contributed by atoms with E-state index in [2.05, 4.69) is 9.88 Å². The highest BCUT2D eigenvalue weighted by Gasteiger charge is 2.24. The number of hydrogen-bond donors (Lipinski definition) is 2. The SMILES string of the molecule is CC(N)c1cc(Cl)c2cccnc2c1N1CCCC(O)C1. The van der Waals surface area contributed by atoms with Gasteiger partial charge in [-0.05, 0) is 43.5 Å². The van der Waals surface area contributed by atoms with Crippen LogP contribution in [0, 0.1) is 0 Å². The van der Waals surface area contributed by atoms with Crippen molar-refractivity contribution in [3.63, 3.8) is 0 Å². The Balaban J connectivity index is 2.22. The van der Waals surface area contributed by atoms with E-state index in [1.807, 2.05) is 25.1 Å². The second kappa shape index (κ2) is 5.79. The van der Waals surface area contributed by atoms with Crippen molar-refractivity contribution in [1.29, 1.82) is 0 Å². The molecule has 3 rings (SSSR count). The summed E-state index contributed by atoms with van der Waals surface area (Å²) in [5.41, 5.74) is 9.01. The molecule has 2 aromatic rings. The highest BCUT2D eigenvalue weighted by molar-refractivity contribution is 6.36. The number of anilines is 1. The standard InChI is InChI=1S/C16H20ClN3O/c1-10(18)13-8-14(17)12-5-2-6-19-15(12)16(13)20-7-3-4-11(21)9-20/h2,5-6,8,10-11,21H,3-4,7,9,18H2,1H3. The van der Waals surface area contributed by atoms with Gasteiger partial charge in [0.05, 0.1) is 22.3 Å². The number of nitrogens with zero attached hydrogens (tertiary/aromatic N) is 2. The topological polar surface area (TPSA) is 62.4 Å². The Kier molecular flexibility index (Phi) is 4.02. The van der Waals surface area contributed by atoms with Crippen LogP contribution in [0.3, 0.4) is 0 Å². The number of piperidine rings is 1. The van der Waals surface area contributed by atoms with Crippen LogP contribution in [0.1, 0.15) is 31.4 Å². The lowest BCUT2D eigenvalue weighted by Gasteiger charge is -2.34. The fourth-order valence-corrected chi connectivity index (χ4v) is 3.31. The van der Waals surface area contributed by atoms with Gasteiger partial charge < -0.3 is 15.7 Å². The molecule has 1 fully saturated rings. The van der Waals surface area contributed by atoms with Crippen molar-refractivity contribution < 1.29 is 5.11 Å². The van der Waals surface area contributed by atoms with Crippen LogP contribution in [0.2, 0.25) is 5.02 Å². The van der Waals surface area contributed by atoms with E-state index in [0.717, 1.165) is 41.5 Å². The Morgan fingerprint density at radius 1 is 1.52 bits per heavy atom. The third-order valence-corrected chi connectivity index (χ3v) is 4.36. The summed E-state index contributed by atoms with van der Waals surface area (Å²) in [6.45, 7) is 3.47. The van der Waals surface area contributed by atoms with Gasteiger partial charge in [-0.3, -0.25) is 4.98 Å². The van der Waals surface area contributed by atoms with Gasteiger partial charge >= 0.3 is 0 Å². The van der Waals surface area contributed by atoms with E-state index in [0.29, 0.717) is 11.6 Å². The van der Waals surface area contributed by atoms with Crippen LogP contribution < -0.4 is 10.6 Å². The third kappa shape index (κ3) is 2.71. The van der Waals surface area contributed by atoms with Crippen molar-refractivity contribution >= 4 is 28.2 Å². The minimum absolute atomic E-state index is 0.136. The van der Waals surface area contributed by atoms with Crippen LogP contribution in [0.25, 0.3) is 10.9 Å². The van der Waals surface area contributed by atoms with Gasteiger partial charge in [0.25, 0.3) is 0 Å². The normalized spacial score (nSPS) is 20.8. The summed E-state index contributed by atoms with van der Waals surface area (Å²) in [7, 11) is 0. The molecule has 0 amide bonds. The Labute approximate surface area is 129 Å². The molecule has 0 aliphatic carbocycles. The van der Waals surface area contributed by atoms with E-state index in [4.69, 9.17) is 17.3 Å². The van der Waals surface area contributed by atoms with Crippen LogP contribution in [-0.4, -0.2) is 29.3 Å². The van der Waals surface area contributed by atoms with Gasteiger partial charge in [-0.2, -0.15) is 0 Å². The molecular formula is C16H20ClN3O.